The Morgan fingerprint density at radius 2 is 1.96 bits per heavy atom. The largest absolute Gasteiger partial charge is 0.481 e. The highest BCUT2D eigenvalue weighted by atomic mass is 35.5. The molecule has 0 bridgehead atoms. The standard InChI is InChI=1S/C16H15ClF3NO3/c1-8-2-4-10(11(6-8)15(23)24)14(22)21-13-7-9(16(18,19)20)3-5-12(13)17/h2-3,5,7,10-11H,4,6H2,1H3,(H,21,22)(H,23,24). The van der Waals surface area contributed by atoms with Crippen LogP contribution in [0.3, 0.4) is 0 Å². The number of carboxylic acids is 1. The maximum atomic E-state index is 12.8. The Kier molecular flexibility index (Phi) is 5.22. The Bertz CT molecular complexity index is 700. The number of alkyl halides is 3. The van der Waals surface area contributed by atoms with Gasteiger partial charge < -0.3 is 10.4 Å². The molecule has 0 saturated heterocycles. The molecular formula is C16H15ClF3NO3. The van der Waals surface area contributed by atoms with Crippen LogP contribution in [-0.4, -0.2) is 17.0 Å². The fourth-order valence-corrected chi connectivity index (χ4v) is 2.80. The van der Waals surface area contributed by atoms with Crippen molar-refractivity contribution in [2.45, 2.75) is 25.9 Å². The van der Waals surface area contributed by atoms with E-state index >= 15 is 0 Å². The van der Waals surface area contributed by atoms with Crippen molar-refractivity contribution in [3.8, 4) is 0 Å². The number of hydrogen-bond donors (Lipinski definition) is 2. The first kappa shape index (κ1) is 18.3. The first-order valence-electron chi connectivity index (χ1n) is 7.15. The number of carbonyl (C=O) groups excluding carboxylic acids is 1. The van der Waals surface area contributed by atoms with Gasteiger partial charge in [-0.15, -0.1) is 0 Å². The second-order valence-electron chi connectivity index (χ2n) is 5.72. The average molecular weight is 362 g/mol. The van der Waals surface area contributed by atoms with Crippen molar-refractivity contribution in [2.75, 3.05) is 5.32 Å². The predicted molar refractivity (Wildman–Crippen MR) is 82.7 cm³/mol. The maximum Gasteiger partial charge on any atom is 0.416 e. The first-order chi connectivity index (χ1) is 11.1. The molecule has 1 aliphatic carbocycles. The minimum atomic E-state index is -4.57. The fourth-order valence-electron chi connectivity index (χ4n) is 2.64. The third-order valence-electron chi connectivity index (χ3n) is 3.95. The summed E-state index contributed by atoms with van der Waals surface area (Å²) in [6, 6.07) is 2.59. The molecule has 2 atom stereocenters. The van der Waals surface area contributed by atoms with E-state index in [1.54, 1.807) is 13.0 Å². The molecule has 0 radical (unpaired) electrons. The smallest absolute Gasteiger partial charge is 0.416 e. The SMILES string of the molecule is CC1=CCC(C(=O)Nc2cc(C(F)(F)F)ccc2Cl)C(C(=O)O)C1. The number of carboxylic acid groups (broad SMARTS) is 1. The number of nitrogens with one attached hydrogen (secondary N) is 1. The van der Waals surface area contributed by atoms with Gasteiger partial charge in [-0.1, -0.05) is 23.3 Å². The van der Waals surface area contributed by atoms with Gasteiger partial charge in [-0.3, -0.25) is 9.59 Å². The van der Waals surface area contributed by atoms with Crippen molar-refractivity contribution in [1.29, 1.82) is 0 Å². The monoisotopic (exact) mass is 361 g/mol. The van der Waals surface area contributed by atoms with Crippen LogP contribution in [0, 0.1) is 11.8 Å². The van der Waals surface area contributed by atoms with Gasteiger partial charge in [0, 0.05) is 0 Å². The van der Waals surface area contributed by atoms with Gasteiger partial charge in [-0.25, -0.2) is 0 Å². The molecule has 0 heterocycles. The highest BCUT2D eigenvalue weighted by Crippen LogP contribution is 2.35. The normalized spacial score (nSPS) is 21.1. The number of rotatable bonds is 3. The Morgan fingerprint density at radius 1 is 1.29 bits per heavy atom. The molecule has 0 spiro atoms. The lowest BCUT2D eigenvalue weighted by atomic mass is 9.79. The summed E-state index contributed by atoms with van der Waals surface area (Å²) in [5.74, 6) is -3.55. The first-order valence-corrected chi connectivity index (χ1v) is 7.53. The van der Waals surface area contributed by atoms with Crippen LogP contribution in [0.4, 0.5) is 18.9 Å². The topological polar surface area (TPSA) is 66.4 Å². The molecule has 1 aromatic carbocycles. The second kappa shape index (κ2) is 6.84. The summed E-state index contributed by atoms with van der Waals surface area (Å²) in [6.07, 6.45) is -2.37. The van der Waals surface area contributed by atoms with E-state index in [1.807, 2.05) is 0 Å². The summed E-state index contributed by atoms with van der Waals surface area (Å²) in [5, 5.41) is 11.5. The van der Waals surface area contributed by atoms with Gasteiger partial charge in [0.1, 0.15) is 0 Å². The minimum Gasteiger partial charge on any atom is -0.481 e. The summed E-state index contributed by atoms with van der Waals surface area (Å²) in [7, 11) is 0. The van der Waals surface area contributed by atoms with Gasteiger partial charge in [-0.2, -0.15) is 13.2 Å². The number of benzene rings is 1. The molecule has 4 nitrogen and oxygen atoms in total. The lowest BCUT2D eigenvalue weighted by Crippen LogP contribution is -2.35. The van der Waals surface area contributed by atoms with Crippen LogP contribution in [0.25, 0.3) is 0 Å². The molecule has 1 amide bonds. The van der Waals surface area contributed by atoms with E-state index in [9.17, 15) is 27.9 Å². The van der Waals surface area contributed by atoms with Gasteiger partial charge >= 0.3 is 12.1 Å². The fraction of sp³-hybridized carbons (Fsp3) is 0.375. The van der Waals surface area contributed by atoms with Crippen LogP contribution < -0.4 is 5.32 Å². The van der Waals surface area contributed by atoms with Gasteiger partial charge in [0.15, 0.2) is 0 Å². The Morgan fingerprint density at radius 3 is 2.54 bits per heavy atom. The second-order valence-corrected chi connectivity index (χ2v) is 6.13. The summed E-state index contributed by atoms with van der Waals surface area (Å²) < 4.78 is 38.3. The van der Waals surface area contributed by atoms with E-state index < -0.39 is 35.5 Å². The molecule has 2 rings (SSSR count). The van der Waals surface area contributed by atoms with Crippen molar-refractivity contribution in [3.63, 3.8) is 0 Å². The molecule has 0 fully saturated rings. The molecule has 1 aliphatic rings. The van der Waals surface area contributed by atoms with E-state index in [1.165, 1.54) is 0 Å². The van der Waals surface area contributed by atoms with Crippen molar-refractivity contribution in [1.82, 2.24) is 0 Å². The summed E-state index contributed by atoms with van der Waals surface area (Å²) in [5.41, 5.74) is -0.271. The van der Waals surface area contributed by atoms with Crippen LogP contribution >= 0.6 is 11.6 Å². The molecule has 0 aromatic heterocycles. The van der Waals surface area contributed by atoms with Crippen LogP contribution in [-0.2, 0) is 15.8 Å². The Balaban J connectivity index is 2.24. The van der Waals surface area contributed by atoms with E-state index in [0.29, 0.717) is 0 Å². The Labute approximate surface area is 141 Å². The number of allylic oxidation sites excluding steroid dienone is 2. The summed E-state index contributed by atoms with van der Waals surface area (Å²) >= 11 is 5.84. The zero-order valence-corrected chi connectivity index (χ0v) is 13.4. The quantitative estimate of drug-likeness (QED) is 0.786. The number of hydrogen-bond acceptors (Lipinski definition) is 2. The zero-order chi connectivity index (χ0) is 18.1. The number of halogens is 4. The Hall–Kier alpha value is -2.02. The minimum absolute atomic E-state index is 0.0502. The van der Waals surface area contributed by atoms with Gasteiger partial charge in [0.25, 0.3) is 0 Å². The molecular weight excluding hydrogens is 347 g/mol. The summed E-state index contributed by atoms with van der Waals surface area (Å²) in [6.45, 7) is 1.77. The number of carbonyl (C=O) groups is 2. The predicted octanol–water partition coefficient (Wildman–Crippen LogP) is 4.35. The van der Waals surface area contributed by atoms with Gasteiger partial charge in [0.05, 0.1) is 28.1 Å². The molecule has 0 aliphatic heterocycles. The van der Waals surface area contributed by atoms with Crippen molar-refractivity contribution >= 4 is 29.2 Å². The van der Waals surface area contributed by atoms with Crippen LogP contribution in [0.2, 0.25) is 5.02 Å². The third-order valence-corrected chi connectivity index (χ3v) is 4.28. The lowest BCUT2D eigenvalue weighted by molar-refractivity contribution is -0.146. The van der Waals surface area contributed by atoms with Crippen LogP contribution in [0.5, 0.6) is 0 Å². The third kappa shape index (κ3) is 4.08. The maximum absolute atomic E-state index is 12.8. The highest BCUT2D eigenvalue weighted by Gasteiger charge is 2.36. The zero-order valence-electron chi connectivity index (χ0n) is 12.7. The highest BCUT2D eigenvalue weighted by molar-refractivity contribution is 6.33. The number of aliphatic carboxylic acids is 1. The number of anilines is 1. The van der Waals surface area contributed by atoms with E-state index in [-0.39, 0.29) is 23.6 Å². The molecule has 130 valence electrons. The van der Waals surface area contributed by atoms with E-state index in [2.05, 4.69) is 5.32 Å². The molecule has 24 heavy (non-hydrogen) atoms. The van der Waals surface area contributed by atoms with Crippen LogP contribution in [0.15, 0.2) is 29.8 Å². The van der Waals surface area contributed by atoms with Gasteiger partial charge in [0.2, 0.25) is 5.91 Å². The lowest BCUT2D eigenvalue weighted by Gasteiger charge is -2.26. The van der Waals surface area contributed by atoms with E-state index in [4.69, 9.17) is 11.6 Å². The molecule has 2 N–H and O–H groups in total. The van der Waals surface area contributed by atoms with Crippen molar-refractivity contribution in [3.05, 3.63) is 40.4 Å². The van der Waals surface area contributed by atoms with E-state index in [0.717, 1.165) is 23.8 Å². The van der Waals surface area contributed by atoms with Crippen LogP contribution in [0.1, 0.15) is 25.3 Å². The summed E-state index contributed by atoms with van der Waals surface area (Å²) in [4.78, 5) is 23.7. The molecule has 2 unspecified atom stereocenters. The molecule has 8 heteroatoms. The average Bonchev–Trinajstić information content (AvgIpc) is 2.48. The molecule has 1 aromatic rings. The van der Waals surface area contributed by atoms with Gasteiger partial charge in [-0.05, 0) is 38.0 Å². The van der Waals surface area contributed by atoms with Crippen molar-refractivity contribution in [2.24, 2.45) is 11.8 Å². The molecule has 0 saturated carbocycles. The number of amides is 1. The van der Waals surface area contributed by atoms with Crippen molar-refractivity contribution < 1.29 is 27.9 Å².